The van der Waals surface area contributed by atoms with Crippen molar-refractivity contribution in [2.45, 2.75) is 32.4 Å². The van der Waals surface area contributed by atoms with Gasteiger partial charge in [0.2, 0.25) is 5.91 Å². The Balaban J connectivity index is 1.87. The van der Waals surface area contributed by atoms with Gasteiger partial charge in [-0.2, -0.15) is 5.10 Å². The van der Waals surface area contributed by atoms with Gasteiger partial charge in [-0.3, -0.25) is 9.48 Å². The first-order chi connectivity index (χ1) is 7.68. The molecule has 1 saturated heterocycles. The molecular weight excluding hydrogens is 204 g/mol. The van der Waals surface area contributed by atoms with Gasteiger partial charge >= 0.3 is 0 Å². The fraction of sp³-hybridized carbons (Fsp3) is 0.636. The summed E-state index contributed by atoms with van der Waals surface area (Å²) in [5, 5.41) is 10.3. The maximum atomic E-state index is 11.7. The van der Waals surface area contributed by atoms with E-state index in [0.717, 1.165) is 30.6 Å². The van der Waals surface area contributed by atoms with E-state index >= 15 is 0 Å². The minimum Gasteiger partial charge on any atom is -0.351 e. The molecule has 5 nitrogen and oxygen atoms in total. The topological polar surface area (TPSA) is 59.0 Å². The van der Waals surface area contributed by atoms with E-state index < -0.39 is 0 Å². The zero-order valence-electron chi connectivity index (χ0n) is 9.79. The van der Waals surface area contributed by atoms with E-state index in [4.69, 9.17) is 0 Å². The molecule has 16 heavy (non-hydrogen) atoms. The summed E-state index contributed by atoms with van der Waals surface area (Å²) < 4.78 is 1.81. The van der Waals surface area contributed by atoms with Crippen LogP contribution in [-0.2, 0) is 18.4 Å². The third-order valence-corrected chi connectivity index (χ3v) is 3.17. The molecule has 0 radical (unpaired) electrons. The molecule has 1 atom stereocenters. The highest BCUT2D eigenvalue weighted by Gasteiger charge is 2.21. The standard InChI is InChI=1S/C11H18N4O/c1-8-9(7-14-15(8)2)6-13-11(16)10-4-3-5-12-10/h7,10,12H,3-6H2,1-2H3,(H,13,16). The quantitative estimate of drug-likeness (QED) is 0.762. The molecule has 1 unspecified atom stereocenters. The molecule has 2 rings (SSSR count). The van der Waals surface area contributed by atoms with Crippen LogP contribution < -0.4 is 10.6 Å². The van der Waals surface area contributed by atoms with Crippen molar-refractivity contribution in [2.24, 2.45) is 7.05 Å². The average molecular weight is 222 g/mol. The van der Waals surface area contributed by atoms with Crippen LogP contribution in [0.2, 0.25) is 0 Å². The highest BCUT2D eigenvalue weighted by molar-refractivity contribution is 5.81. The number of carbonyl (C=O) groups excluding carboxylic acids is 1. The zero-order valence-corrected chi connectivity index (χ0v) is 9.79. The van der Waals surface area contributed by atoms with Gasteiger partial charge < -0.3 is 10.6 Å². The van der Waals surface area contributed by atoms with Crippen molar-refractivity contribution in [1.82, 2.24) is 20.4 Å². The van der Waals surface area contributed by atoms with E-state index in [9.17, 15) is 4.79 Å². The lowest BCUT2D eigenvalue weighted by Gasteiger charge is -2.10. The molecular formula is C11H18N4O. The molecule has 1 aromatic heterocycles. The molecule has 88 valence electrons. The fourth-order valence-corrected chi connectivity index (χ4v) is 1.93. The smallest absolute Gasteiger partial charge is 0.237 e. The molecule has 0 aliphatic carbocycles. The summed E-state index contributed by atoms with van der Waals surface area (Å²) in [6.07, 6.45) is 3.83. The first-order valence-electron chi connectivity index (χ1n) is 5.67. The van der Waals surface area contributed by atoms with Crippen molar-refractivity contribution >= 4 is 5.91 Å². The number of rotatable bonds is 3. The number of aryl methyl sites for hydroxylation is 1. The van der Waals surface area contributed by atoms with Crippen LogP contribution in [-0.4, -0.2) is 28.3 Å². The van der Waals surface area contributed by atoms with Gasteiger partial charge in [-0.25, -0.2) is 0 Å². The second kappa shape index (κ2) is 4.65. The Hall–Kier alpha value is -1.36. The van der Waals surface area contributed by atoms with Crippen LogP contribution in [0.5, 0.6) is 0 Å². The largest absolute Gasteiger partial charge is 0.351 e. The Morgan fingerprint density at radius 2 is 2.56 bits per heavy atom. The van der Waals surface area contributed by atoms with Crippen LogP contribution in [0.15, 0.2) is 6.20 Å². The van der Waals surface area contributed by atoms with Gasteiger partial charge in [-0.05, 0) is 26.3 Å². The minimum atomic E-state index is -0.00280. The van der Waals surface area contributed by atoms with Gasteiger partial charge in [0.05, 0.1) is 12.2 Å². The molecule has 1 aliphatic heterocycles. The predicted molar refractivity (Wildman–Crippen MR) is 60.8 cm³/mol. The van der Waals surface area contributed by atoms with Gasteiger partial charge in [0.15, 0.2) is 0 Å². The summed E-state index contributed by atoms with van der Waals surface area (Å²) >= 11 is 0. The van der Waals surface area contributed by atoms with Crippen LogP contribution in [0, 0.1) is 6.92 Å². The van der Waals surface area contributed by atoms with Crippen LogP contribution in [0.4, 0.5) is 0 Å². The second-order valence-electron chi connectivity index (χ2n) is 4.25. The molecule has 2 N–H and O–H groups in total. The van der Waals surface area contributed by atoms with E-state index in [0.29, 0.717) is 6.54 Å². The van der Waals surface area contributed by atoms with E-state index in [2.05, 4.69) is 15.7 Å². The fourth-order valence-electron chi connectivity index (χ4n) is 1.93. The van der Waals surface area contributed by atoms with Crippen molar-refractivity contribution in [3.05, 3.63) is 17.5 Å². The van der Waals surface area contributed by atoms with Gasteiger partial charge in [0, 0.05) is 24.8 Å². The normalized spacial score (nSPS) is 20.0. The summed E-state index contributed by atoms with van der Waals surface area (Å²) in [6, 6.07) is -0.00280. The molecule has 0 spiro atoms. The molecule has 1 amide bonds. The number of nitrogens with zero attached hydrogens (tertiary/aromatic N) is 2. The van der Waals surface area contributed by atoms with Crippen LogP contribution in [0.25, 0.3) is 0 Å². The Bertz CT molecular complexity index is 379. The molecule has 5 heteroatoms. The monoisotopic (exact) mass is 222 g/mol. The van der Waals surface area contributed by atoms with Gasteiger partial charge in [-0.1, -0.05) is 0 Å². The van der Waals surface area contributed by atoms with E-state index in [-0.39, 0.29) is 11.9 Å². The molecule has 0 aromatic carbocycles. The van der Waals surface area contributed by atoms with Crippen molar-refractivity contribution in [2.75, 3.05) is 6.54 Å². The number of carbonyl (C=O) groups is 1. The first-order valence-corrected chi connectivity index (χ1v) is 5.67. The van der Waals surface area contributed by atoms with E-state index in [1.54, 1.807) is 6.20 Å². The summed E-state index contributed by atoms with van der Waals surface area (Å²) in [6.45, 7) is 3.52. The molecule has 0 saturated carbocycles. The lowest BCUT2D eigenvalue weighted by atomic mass is 10.2. The zero-order chi connectivity index (χ0) is 11.5. The highest BCUT2D eigenvalue weighted by atomic mass is 16.2. The number of amides is 1. The van der Waals surface area contributed by atoms with Crippen molar-refractivity contribution < 1.29 is 4.79 Å². The SMILES string of the molecule is Cc1c(CNC(=O)C2CCCN2)cnn1C. The number of hydrogen-bond donors (Lipinski definition) is 2. The van der Waals surface area contributed by atoms with Crippen LogP contribution in [0.3, 0.4) is 0 Å². The Morgan fingerprint density at radius 3 is 3.12 bits per heavy atom. The number of hydrogen-bond acceptors (Lipinski definition) is 3. The van der Waals surface area contributed by atoms with Crippen molar-refractivity contribution in [1.29, 1.82) is 0 Å². The molecule has 2 heterocycles. The third kappa shape index (κ3) is 2.24. The van der Waals surface area contributed by atoms with E-state index in [1.807, 2.05) is 18.7 Å². The Kier molecular flexibility index (Phi) is 3.24. The lowest BCUT2D eigenvalue weighted by Crippen LogP contribution is -2.40. The van der Waals surface area contributed by atoms with Crippen LogP contribution in [0.1, 0.15) is 24.1 Å². The summed E-state index contributed by atoms with van der Waals surface area (Å²) in [7, 11) is 1.90. The maximum absolute atomic E-state index is 11.7. The summed E-state index contributed by atoms with van der Waals surface area (Å²) in [5.74, 6) is 0.0979. The lowest BCUT2D eigenvalue weighted by molar-refractivity contribution is -0.122. The number of nitrogens with one attached hydrogen (secondary N) is 2. The Labute approximate surface area is 95.2 Å². The van der Waals surface area contributed by atoms with Gasteiger partial charge in [0.25, 0.3) is 0 Å². The van der Waals surface area contributed by atoms with E-state index in [1.165, 1.54) is 0 Å². The van der Waals surface area contributed by atoms with Crippen LogP contribution >= 0.6 is 0 Å². The average Bonchev–Trinajstić information content (AvgIpc) is 2.89. The summed E-state index contributed by atoms with van der Waals surface area (Å²) in [5.41, 5.74) is 2.17. The summed E-state index contributed by atoms with van der Waals surface area (Å²) in [4.78, 5) is 11.7. The van der Waals surface area contributed by atoms with Gasteiger partial charge in [-0.15, -0.1) is 0 Å². The third-order valence-electron chi connectivity index (χ3n) is 3.17. The highest BCUT2D eigenvalue weighted by Crippen LogP contribution is 2.07. The molecule has 1 aliphatic rings. The minimum absolute atomic E-state index is 0.00280. The van der Waals surface area contributed by atoms with Crippen molar-refractivity contribution in [3.8, 4) is 0 Å². The first kappa shape index (κ1) is 11.1. The molecule has 1 fully saturated rings. The Morgan fingerprint density at radius 1 is 1.75 bits per heavy atom. The second-order valence-corrected chi connectivity index (χ2v) is 4.25. The predicted octanol–water partition coefficient (Wildman–Crippen LogP) is 0.0967. The number of aromatic nitrogens is 2. The van der Waals surface area contributed by atoms with Crippen molar-refractivity contribution in [3.63, 3.8) is 0 Å². The van der Waals surface area contributed by atoms with Gasteiger partial charge in [0.1, 0.15) is 0 Å². The maximum Gasteiger partial charge on any atom is 0.237 e. The molecule has 0 bridgehead atoms. The molecule has 1 aromatic rings.